The van der Waals surface area contributed by atoms with Crippen molar-refractivity contribution in [2.45, 2.75) is 39.5 Å². The molecule has 1 nitrogen and oxygen atoms in total. The van der Waals surface area contributed by atoms with Crippen molar-refractivity contribution in [2.75, 3.05) is 0 Å². The van der Waals surface area contributed by atoms with Crippen LogP contribution in [0.15, 0.2) is 12.1 Å². The summed E-state index contributed by atoms with van der Waals surface area (Å²) in [4.78, 5) is 0. The molecule has 2 atom stereocenters. The SMILES string of the molecule is Cc1cc(C)c(C2(C)CC2C#N)c(C)c1. The summed E-state index contributed by atoms with van der Waals surface area (Å²) in [7, 11) is 0. The summed E-state index contributed by atoms with van der Waals surface area (Å²) in [5, 5.41) is 8.99. The van der Waals surface area contributed by atoms with E-state index >= 15 is 0 Å². The van der Waals surface area contributed by atoms with E-state index in [9.17, 15) is 0 Å². The first kappa shape index (κ1) is 10.2. The van der Waals surface area contributed by atoms with Gasteiger partial charge in [0.2, 0.25) is 0 Å². The highest BCUT2D eigenvalue weighted by atomic mass is 14.6. The second-order valence-corrected chi connectivity index (χ2v) is 5.08. The highest BCUT2D eigenvalue weighted by Gasteiger charge is 2.52. The van der Waals surface area contributed by atoms with Crippen LogP contribution in [0.25, 0.3) is 0 Å². The number of rotatable bonds is 1. The molecule has 1 aromatic carbocycles. The Labute approximate surface area is 91.7 Å². The summed E-state index contributed by atoms with van der Waals surface area (Å²) < 4.78 is 0. The van der Waals surface area contributed by atoms with Crippen molar-refractivity contribution in [3.05, 3.63) is 34.4 Å². The molecule has 0 amide bonds. The molecule has 0 saturated heterocycles. The van der Waals surface area contributed by atoms with Crippen molar-refractivity contribution >= 4 is 0 Å². The Balaban J connectivity index is 2.52. The zero-order valence-corrected chi connectivity index (χ0v) is 9.89. The molecule has 15 heavy (non-hydrogen) atoms. The molecular formula is C14H17N. The summed E-state index contributed by atoms with van der Waals surface area (Å²) in [6.45, 7) is 8.66. The molecule has 0 aromatic heterocycles. The van der Waals surface area contributed by atoms with E-state index in [4.69, 9.17) is 5.26 Å². The molecule has 0 radical (unpaired) electrons. The summed E-state index contributed by atoms with van der Waals surface area (Å²) in [5.74, 6) is 0.220. The normalized spacial score (nSPS) is 28.6. The molecule has 0 heterocycles. The molecule has 1 heteroatoms. The van der Waals surface area contributed by atoms with Crippen LogP contribution in [0.2, 0.25) is 0 Å². The highest BCUT2D eigenvalue weighted by Crippen LogP contribution is 2.55. The largest absolute Gasteiger partial charge is 0.198 e. The summed E-state index contributed by atoms with van der Waals surface area (Å²) >= 11 is 0. The zero-order chi connectivity index (χ0) is 11.2. The number of hydrogen-bond acceptors (Lipinski definition) is 1. The van der Waals surface area contributed by atoms with Crippen molar-refractivity contribution in [3.63, 3.8) is 0 Å². The first-order chi connectivity index (χ1) is 6.99. The molecule has 1 aliphatic rings. The minimum Gasteiger partial charge on any atom is -0.198 e. The summed E-state index contributed by atoms with van der Waals surface area (Å²) in [5.41, 5.74) is 5.52. The van der Waals surface area contributed by atoms with E-state index in [-0.39, 0.29) is 11.3 Å². The third-order valence-corrected chi connectivity index (χ3v) is 3.64. The van der Waals surface area contributed by atoms with Gasteiger partial charge in [-0.25, -0.2) is 0 Å². The molecule has 0 spiro atoms. The van der Waals surface area contributed by atoms with E-state index in [1.165, 1.54) is 22.3 Å². The number of hydrogen-bond donors (Lipinski definition) is 0. The number of nitriles is 1. The first-order valence-corrected chi connectivity index (χ1v) is 5.47. The Morgan fingerprint density at radius 2 is 1.80 bits per heavy atom. The first-order valence-electron chi connectivity index (χ1n) is 5.47. The van der Waals surface area contributed by atoms with Gasteiger partial charge in [-0.2, -0.15) is 5.26 Å². The maximum atomic E-state index is 8.99. The Hall–Kier alpha value is -1.29. The lowest BCUT2D eigenvalue weighted by molar-refractivity contribution is 0.727. The fourth-order valence-electron chi connectivity index (χ4n) is 2.91. The molecule has 0 bridgehead atoms. The number of nitrogens with zero attached hydrogens (tertiary/aromatic N) is 1. The summed E-state index contributed by atoms with van der Waals surface area (Å²) in [6.07, 6.45) is 1.02. The van der Waals surface area contributed by atoms with E-state index in [2.05, 4.69) is 45.9 Å². The van der Waals surface area contributed by atoms with Gasteiger partial charge in [-0.15, -0.1) is 0 Å². The molecule has 1 fully saturated rings. The van der Waals surface area contributed by atoms with Gasteiger partial charge in [-0.1, -0.05) is 24.6 Å². The standard InChI is InChI=1S/C14H17N/c1-9-5-10(2)13(11(3)6-9)14(4)7-12(14)8-15/h5-6,12H,7H2,1-4H3. The average molecular weight is 199 g/mol. The van der Waals surface area contributed by atoms with Gasteiger partial charge in [0.25, 0.3) is 0 Å². The van der Waals surface area contributed by atoms with Gasteiger partial charge in [-0.05, 0) is 43.9 Å². The molecular weight excluding hydrogens is 182 g/mol. The third-order valence-electron chi connectivity index (χ3n) is 3.64. The zero-order valence-electron chi connectivity index (χ0n) is 9.89. The molecule has 78 valence electrons. The van der Waals surface area contributed by atoms with Crippen molar-refractivity contribution in [3.8, 4) is 6.07 Å². The van der Waals surface area contributed by atoms with Crippen LogP contribution in [0.4, 0.5) is 0 Å². The fourth-order valence-corrected chi connectivity index (χ4v) is 2.91. The number of aryl methyl sites for hydroxylation is 3. The minimum atomic E-state index is 0.122. The number of benzene rings is 1. The third kappa shape index (κ3) is 1.45. The maximum absolute atomic E-state index is 8.99. The van der Waals surface area contributed by atoms with E-state index in [1.54, 1.807) is 0 Å². The predicted molar refractivity (Wildman–Crippen MR) is 61.7 cm³/mol. The van der Waals surface area contributed by atoms with Crippen LogP contribution >= 0.6 is 0 Å². The topological polar surface area (TPSA) is 23.8 Å². The van der Waals surface area contributed by atoms with Crippen molar-refractivity contribution < 1.29 is 0 Å². The van der Waals surface area contributed by atoms with Crippen molar-refractivity contribution in [2.24, 2.45) is 5.92 Å². The second kappa shape index (κ2) is 3.10. The van der Waals surface area contributed by atoms with Gasteiger partial charge in [-0.3, -0.25) is 0 Å². The van der Waals surface area contributed by atoms with Gasteiger partial charge in [0.05, 0.1) is 12.0 Å². The monoisotopic (exact) mass is 199 g/mol. The molecule has 0 N–H and O–H groups in total. The van der Waals surface area contributed by atoms with E-state index < -0.39 is 0 Å². The second-order valence-electron chi connectivity index (χ2n) is 5.08. The van der Waals surface area contributed by atoms with Gasteiger partial charge >= 0.3 is 0 Å². The summed E-state index contributed by atoms with van der Waals surface area (Å²) in [6, 6.07) is 6.84. The quantitative estimate of drug-likeness (QED) is 0.680. The molecule has 1 aromatic rings. The van der Waals surface area contributed by atoms with E-state index in [0.29, 0.717) is 0 Å². The van der Waals surface area contributed by atoms with Crippen LogP contribution in [0, 0.1) is 38.0 Å². The molecule has 1 saturated carbocycles. The molecule has 1 aliphatic carbocycles. The Bertz CT molecular complexity index is 430. The van der Waals surface area contributed by atoms with Crippen molar-refractivity contribution in [1.29, 1.82) is 5.26 Å². The average Bonchev–Trinajstić information content (AvgIpc) is 2.75. The Morgan fingerprint density at radius 3 is 2.20 bits per heavy atom. The Morgan fingerprint density at radius 1 is 1.27 bits per heavy atom. The molecule has 0 aliphatic heterocycles. The lowest BCUT2D eigenvalue weighted by Crippen LogP contribution is -2.09. The van der Waals surface area contributed by atoms with Crippen LogP contribution in [0.1, 0.15) is 35.6 Å². The smallest absolute Gasteiger partial charge is 0.0665 e. The van der Waals surface area contributed by atoms with Crippen LogP contribution in [-0.2, 0) is 5.41 Å². The van der Waals surface area contributed by atoms with Gasteiger partial charge in [0.1, 0.15) is 0 Å². The lowest BCUT2D eigenvalue weighted by Gasteiger charge is -2.17. The van der Waals surface area contributed by atoms with E-state index in [1.807, 2.05) is 0 Å². The van der Waals surface area contributed by atoms with E-state index in [0.717, 1.165) is 6.42 Å². The van der Waals surface area contributed by atoms with Gasteiger partial charge in [0.15, 0.2) is 0 Å². The molecule has 2 rings (SSSR count). The highest BCUT2D eigenvalue weighted by molar-refractivity contribution is 5.47. The van der Waals surface area contributed by atoms with Crippen molar-refractivity contribution in [1.82, 2.24) is 0 Å². The van der Waals surface area contributed by atoms with Crippen LogP contribution in [0.5, 0.6) is 0 Å². The Kier molecular flexibility index (Phi) is 2.12. The maximum Gasteiger partial charge on any atom is 0.0665 e. The minimum absolute atomic E-state index is 0.122. The predicted octanol–water partition coefficient (Wildman–Crippen LogP) is 3.41. The van der Waals surface area contributed by atoms with Crippen LogP contribution < -0.4 is 0 Å². The molecule has 2 unspecified atom stereocenters. The van der Waals surface area contributed by atoms with Gasteiger partial charge in [0, 0.05) is 5.41 Å². The lowest BCUT2D eigenvalue weighted by atomic mass is 9.87. The van der Waals surface area contributed by atoms with Gasteiger partial charge < -0.3 is 0 Å². The van der Waals surface area contributed by atoms with Crippen LogP contribution in [0.3, 0.4) is 0 Å². The fraction of sp³-hybridized carbons (Fsp3) is 0.500. The van der Waals surface area contributed by atoms with Crippen LogP contribution in [-0.4, -0.2) is 0 Å².